The van der Waals surface area contributed by atoms with E-state index in [1.54, 1.807) is 0 Å². The van der Waals surface area contributed by atoms with E-state index in [1.165, 1.54) is 7.11 Å². The minimum absolute atomic E-state index is 0.196. The Bertz CT molecular complexity index is 386. The monoisotopic (exact) mass is 206 g/mol. The molecule has 0 N–H and O–H groups in total. The van der Waals surface area contributed by atoms with Crippen LogP contribution in [0, 0.1) is 0 Å². The molecular formula is C12H14O3. The zero-order chi connectivity index (χ0) is 10.9. The highest BCUT2D eigenvalue weighted by Gasteiger charge is 2.40. The molecule has 0 aromatic heterocycles. The summed E-state index contributed by atoms with van der Waals surface area (Å²) < 4.78 is 10.4. The molecule has 1 aliphatic rings. The Hall–Kier alpha value is -1.51. The SMILES string of the molecule is COC(=O)C1(C)CCOc2ccccc21. The lowest BCUT2D eigenvalue weighted by molar-refractivity contribution is -0.148. The van der Waals surface area contributed by atoms with Gasteiger partial charge in [-0.2, -0.15) is 0 Å². The number of ether oxygens (including phenoxy) is 2. The van der Waals surface area contributed by atoms with Crippen molar-refractivity contribution in [1.29, 1.82) is 0 Å². The summed E-state index contributed by atoms with van der Waals surface area (Å²) in [4.78, 5) is 11.8. The summed E-state index contributed by atoms with van der Waals surface area (Å²) in [5.41, 5.74) is 0.354. The van der Waals surface area contributed by atoms with Crippen molar-refractivity contribution in [2.75, 3.05) is 13.7 Å². The number of fused-ring (bicyclic) bond motifs is 1. The molecule has 0 saturated heterocycles. The van der Waals surface area contributed by atoms with E-state index in [0.29, 0.717) is 13.0 Å². The van der Waals surface area contributed by atoms with Crippen LogP contribution in [0.2, 0.25) is 0 Å². The number of carbonyl (C=O) groups excluding carboxylic acids is 1. The molecule has 0 amide bonds. The Morgan fingerprint density at radius 2 is 2.20 bits per heavy atom. The molecule has 1 aliphatic heterocycles. The largest absolute Gasteiger partial charge is 0.493 e. The highest BCUT2D eigenvalue weighted by molar-refractivity contribution is 5.84. The van der Waals surface area contributed by atoms with Crippen molar-refractivity contribution in [2.24, 2.45) is 0 Å². The van der Waals surface area contributed by atoms with E-state index in [1.807, 2.05) is 31.2 Å². The molecule has 0 saturated carbocycles. The molecule has 3 nitrogen and oxygen atoms in total. The summed E-state index contributed by atoms with van der Waals surface area (Å²) in [6, 6.07) is 7.62. The van der Waals surface area contributed by atoms with E-state index in [9.17, 15) is 4.79 Å². The van der Waals surface area contributed by atoms with Crippen LogP contribution < -0.4 is 4.74 Å². The summed E-state index contributed by atoms with van der Waals surface area (Å²) >= 11 is 0. The van der Waals surface area contributed by atoms with Gasteiger partial charge in [-0.15, -0.1) is 0 Å². The topological polar surface area (TPSA) is 35.5 Å². The average molecular weight is 206 g/mol. The summed E-state index contributed by atoms with van der Waals surface area (Å²) in [6.45, 7) is 2.46. The molecule has 0 radical (unpaired) electrons. The fraction of sp³-hybridized carbons (Fsp3) is 0.417. The predicted octanol–water partition coefficient (Wildman–Crippen LogP) is 1.90. The minimum Gasteiger partial charge on any atom is -0.493 e. The van der Waals surface area contributed by atoms with Crippen molar-refractivity contribution in [3.63, 3.8) is 0 Å². The second-order valence-electron chi connectivity index (χ2n) is 3.92. The Kier molecular flexibility index (Phi) is 2.39. The van der Waals surface area contributed by atoms with Gasteiger partial charge in [0.1, 0.15) is 5.75 Å². The average Bonchev–Trinajstić information content (AvgIpc) is 2.28. The van der Waals surface area contributed by atoms with Crippen molar-refractivity contribution in [1.82, 2.24) is 0 Å². The Labute approximate surface area is 89.0 Å². The number of hydrogen-bond donors (Lipinski definition) is 0. The second-order valence-corrected chi connectivity index (χ2v) is 3.92. The summed E-state index contributed by atoms with van der Waals surface area (Å²) in [5, 5.41) is 0. The normalized spacial score (nSPS) is 23.9. The highest BCUT2D eigenvalue weighted by atomic mass is 16.5. The van der Waals surface area contributed by atoms with Crippen molar-refractivity contribution in [2.45, 2.75) is 18.8 Å². The van der Waals surface area contributed by atoms with E-state index >= 15 is 0 Å². The molecule has 1 aromatic carbocycles. The number of methoxy groups -OCH3 is 1. The molecule has 80 valence electrons. The smallest absolute Gasteiger partial charge is 0.316 e. The lowest BCUT2D eigenvalue weighted by Gasteiger charge is -2.32. The first-order valence-electron chi connectivity index (χ1n) is 4.99. The van der Waals surface area contributed by atoms with Crippen LogP contribution in [0.1, 0.15) is 18.9 Å². The quantitative estimate of drug-likeness (QED) is 0.658. The van der Waals surface area contributed by atoms with Gasteiger partial charge in [-0.3, -0.25) is 4.79 Å². The molecule has 0 aliphatic carbocycles. The maximum Gasteiger partial charge on any atom is 0.316 e. The molecule has 2 rings (SSSR count). The molecule has 15 heavy (non-hydrogen) atoms. The molecule has 0 fully saturated rings. The van der Waals surface area contributed by atoms with E-state index in [2.05, 4.69) is 0 Å². The first-order chi connectivity index (χ1) is 7.18. The molecular weight excluding hydrogens is 192 g/mol. The number of rotatable bonds is 1. The zero-order valence-electron chi connectivity index (χ0n) is 8.95. The number of esters is 1. The fourth-order valence-corrected chi connectivity index (χ4v) is 1.99. The maximum atomic E-state index is 11.8. The minimum atomic E-state index is -0.566. The van der Waals surface area contributed by atoms with Crippen molar-refractivity contribution in [3.8, 4) is 5.75 Å². The van der Waals surface area contributed by atoms with Gasteiger partial charge >= 0.3 is 5.97 Å². The molecule has 1 aromatic rings. The first-order valence-corrected chi connectivity index (χ1v) is 4.99. The van der Waals surface area contributed by atoms with Crippen LogP contribution in [-0.4, -0.2) is 19.7 Å². The predicted molar refractivity (Wildman–Crippen MR) is 55.9 cm³/mol. The number of benzene rings is 1. The standard InChI is InChI=1S/C12H14O3/c1-12(11(13)14-2)7-8-15-10-6-4-3-5-9(10)12/h3-6H,7-8H2,1-2H3. The van der Waals surface area contributed by atoms with Gasteiger partial charge < -0.3 is 9.47 Å². The lowest BCUT2D eigenvalue weighted by Crippen LogP contribution is -2.38. The Balaban J connectivity index is 2.49. The van der Waals surface area contributed by atoms with Gasteiger partial charge in [0.25, 0.3) is 0 Å². The Morgan fingerprint density at radius 3 is 2.93 bits per heavy atom. The van der Waals surface area contributed by atoms with E-state index in [4.69, 9.17) is 9.47 Å². The van der Waals surface area contributed by atoms with Crippen molar-refractivity contribution < 1.29 is 14.3 Å². The molecule has 1 unspecified atom stereocenters. The summed E-state index contributed by atoms with van der Waals surface area (Å²) in [7, 11) is 1.42. The number of carbonyl (C=O) groups is 1. The van der Waals surface area contributed by atoms with Crippen molar-refractivity contribution in [3.05, 3.63) is 29.8 Å². The summed E-state index contributed by atoms with van der Waals surface area (Å²) in [6.07, 6.45) is 0.663. The van der Waals surface area contributed by atoms with Crippen LogP contribution in [0.5, 0.6) is 5.75 Å². The van der Waals surface area contributed by atoms with Gasteiger partial charge in [-0.25, -0.2) is 0 Å². The number of para-hydroxylation sites is 1. The third-order valence-electron chi connectivity index (χ3n) is 2.98. The van der Waals surface area contributed by atoms with Gasteiger partial charge in [0.2, 0.25) is 0 Å². The van der Waals surface area contributed by atoms with Crippen molar-refractivity contribution >= 4 is 5.97 Å². The molecule has 1 heterocycles. The maximum absolute atomic E-state index is 11.8. The van der Waals surface area contributed by atoms with Gasteiger partial charge in [0, 0.05) is 12.0 Å². The Morgan fingerprint density at radius 1 is 1.47 bits per heavy atom. The van der Waals surface area contributed by atoms with Gasteiger partial charge in [0.15, 0.2) is 0 Å². The summed E-state index contributed by atoms with van der Waals surface area (Å²) in [5.74, 6) is 0.593. The van der Waals surface area contributed by atoms with Gasteiger partial charge in [-0.1, -0.05) is 18.2 Å². The van der Waals surface area contributed by atoms with Crippen LogP contribution in [-0.2, 0) is 14.9 Å². The number of hydrogen-bond acceptors (Lipinski definition) is 3. The van der Waals surface area contributed by atoms with Crippen LogP contribution in [0.4, 0.5) is 0 Å². The lowest BCUT2D eigenvalue weighted by atomic mass is 9.78. The fourth-order valence-electron chi connectivity index (χ4n) is 1.99. The zero-order valence-corrected chi connectivity index (χ0v) is 8.95. The van der Waals surface area contributed by atoms with E-state index in [-0.39, 0.29) is 5.97 Å². The van der Waals surface area contributed by atoms with Crippen LogP contribution in [0.15, 0.2) is 24.3 Å². The first kappa shape index (κ1) is 10.0. The van der Waals surface area contributed by atoms with Crippen LogP contribution in [0.3, 0.4) is 0 Å². The van der Waals surface area contributed by atoms with Gasteiger partial charge in [0.05, 0.1) is 19.1 Å². The van der Waals surface area contributed by atoms with Gasteiger partial charge in [-0.05, 0) is 13.0 Å². The third-order valence-corrected chi connectivity index (χ3v) is 2.98. The highest BCUT2D eigenvalue weighted by Crippen LogP contribution is 2.39. The van der Waals surface area contributed by atoms with Crippen LogP contribution >= 0.6 is 0 Å². The van der Waals surface area contributed by atoms with E-state index in [0.717, 1.165) is 11.3 Å². The van der Waals surface area contributed by atoms with Crippen LogP contribution in [0.25, 0.3) is 0 Å². The molecule has 1 atom stereocenters. The second kappa shape index (κ2) is 3.57. The third kappa shape index (κ3) is 1.48. The van der Waals surface area contributed by atoms with E-state index < -0.39 is 5.41 Å². The molecule has 0 bridgehead atoms. The molecule has 3 heteroatoms. The molecule has 0 spiro atoms.